The summed E-state index contributed by atoms with van der Waals surface area (Å²) in [6.07, 6.45) is 1.45. The van der Waals surface area contributed by atoms with Gasteiger partial charge in [-0.15, -0.1) is 4.73 Å². The zero-order valence-corrected chi connectivity index (χ0v) is 6.65. The molecule has 11 heavy (non-hydrogen) atoms. The molecule has 0 aliphatic heterocycles. The van der Waals surface area contributed by atoms with Crippen LogP contribution in [-0.2, 0) is 0 Å². The van der Waals surface area contributed by atoms with Crippen LogP contribution in [0, 0.1) is 5.21 Å². The highest BCUT2D eigenvalue weighted by Gasteiger charge is 2.04. The maximum Gasteiger partial charge on any atom is 0.379 e. The van der Waals surface area contributed by atoms with Gasteiger partial charge in [-0.05, 0) is 19.9 Å². The van der Waals surface area contributed by atoms with Crippen molar-refractivity contribution in [3.05, 3.63) is 29.6 Å². The zero-order valence-electron chi connectivity index (χ0n) is 6.65. The van der Waals surface area contributed by atoms with Crippen LogP contribution in [-0.4, -0.2) is 6.10 Å². The first-order valence-electron chi connectivity index (χ1n) is 3.55. The number of hydrogen-bond acceptors (Lipinski definition) is 2. The van der Waals surface area contributed by atoms with E-state index >= 15 is 0 Å². The molecule has 0 N–H and O–H groups in total. The molecule has 0 aliphatic rings. The summed E-state index contributed by atoms with van der Waals surface area (Å²) in [6, 6.07) is 5.08. The summed E-state index contributed by atoms with van der Waals surface area (Å²) in [5, 5.41) is 10.9. The van der Waals surface area contributed by atoms with Gasteiger partial charge in [-0.25, -0.2) is 0 Å². The van der Waals surface area contributed by atoms with Crippen molar-refractivity contribution in [2.75, 3.05) is 0 Å². The molecule has 3 heteroatoms. The molecule has 0 saturated carbocycles. The first-order chi connectivity index (χ1) is 5.20. The van der Waals surface area contributed by atoms with E-state index in [9.17, 15) is 5.21 Å². The van der Waals surface area contributed by atoms with Gasteiger partial charge in [0.1, 0.15) is 0 Å². The van der Waals surface area contributed by atoms with Gasteiger partial charge < -0.3 is 9.94 Å². The first kappa shape index (κ1) is 7.85. The lowest BCUT2D eigenvalue weighted by Gasteiger charge is -2.07. The molecule has 1 aromatic heterocycles. The fourth-order valence-electron chi connectivity index (χ4n) is 0.745. The maximum absolute atomic E-state index is 10.9. The van der Waals surface area contributed by atoms with E-state index < -0.39 is 0 Å². The summed E-state index contributed by atoms with van der Waals surface area (Å²) in [4.78, 5) is 0. The molecule has 0 fully saturated rings. The van der Waals surface area contributed by atoms with Crippen LogP contribution in [0.4, 0.5) is 0 Å². The highest BCUT2D eigenvalue weighted by Crippen LogP contribution is 2.03. The summed E-state index contributed by atoms with van der Waals surface area (Å²) < 4.78 is 5.90. The van der Waals surface area contributed by atoms with E-state index in [4.69, 9.17) is 4.74 Å². The number of pyridine rings is 1. The summed E-state index contributed by atoms with van der Waals surface area (Å²) in [6.45, 7) is 3.76. The first-order valence-corrected chi connectivity index (χ1v) is 3.55. The maximum atomic E-state index is 10.9. The molecular weight excluding hydrogens is 142 g/mol. The number of rotatable bonds is 2. The van der Waals surface area contributed by atoms with Gasteiger partial charge in [-0.2, -0.15) is 0 Å². The Bertz CT molecular complexity index is 235. The fraction of sp³-hybridized carbons (Fsp3) is 0.375. The van der Waals surface area contributed by atoms with E-state index in [-0.39, 0.29) is 6.10 Å². The molecule has 0 unspecified atom stereocenters. The molecule has 1 heterocycles. The summed E-state index contributed by atoms with van der Waals surface area (Å²) >= 11 is 0. The van der Waals surface area contributed by atoms with Crippen molar-refractivity contribution in [1.82, 2.24) is 0 Å². The predicted octanol–water partition coefficient (Wildman–Crippen LogP) is 1.11. The molecule has 0 saturated heterocycles. The SMILES string of the molecule is CC(C)Oc1cccc[n+]1[O-]. The largest absolute Gasteiger partial charge is 0.616 e. The third-order valence-electron chi connectivity index (χ3n) is 1.15. The van der Waals surface area contributed by atoms with Crippen molar-refractivity contribution < 1.29 is 9.47 Å². The third kappa shape index (κ3) is 2.11. The van der Waals surface area contributed by atoms with Crippen LogP contribution in [0.2, 0.25) is 0 Å². The molecular formula is C8H11NO2. The number of nitrogens with zero attached hydrogens (tertiary/aromatic N) is 1. The van der Waals surface area contributed by atoms with Gasteiger partial charge in [0, 0.05) is 6.07 Å². The van der Waals surface area contributed by atoms with Gasteiger partial charge in [0.2, 0.25) is 0 Å². The van der Waals surface area contributed by atoms with Crippen molar-refractivity contribution in [1.29, 1.82) is 0 Å². The lowest BCUT2D eigenvalue weighted by atomic mass is 10.4. The van der Waals surface area contributed by atoms with Crippen molar-refractivity contribution in [2.45, 2.75) is 20.0 Å². The number of ether oxygens (including phenoxy) is 1. The molecule has 1 aromatic rings. The van der Waals surface area contributed by atoms with Crippen LogP contribution in [0.15, 0.2) is 24.4 Å². The summed E-state index contributed by atoms with van der Waals surface area (Å²) in [5.41, 5.74) is 0. The van der Waals surface area contributed by atoms with E-state index in [2.05, 4.69) is 0 Å². The fourth-order valence-corrected chi connectivity index (χ4v) is 0.745. The van der Waals surface area contributed by atoms with Crippen LogP contribution in [0.5, 0.6) is 5.88 Å². The van der Waals surface area contributed by atoms with E-state index in [1.807, 2.05) is 13.8 Å². The Labute approximate surface area is 65.8 Å². The standard InChI is InChI=1S/C8H11NO2/c1-7(2)11-8-5-3-4-6-9(8)10/h3-7H,1-2H3. The Hall–Kier alpha value is -1.25. The van der Waals surface area contributed by atoms with Crippen LogP contribution in [0.25, 0.3) is 0 Å². The van der Waals surface area contributed by atoms with Crippen molar-refractivity contribution in [3.8, 4) is 5.88 Å². The quantitative estimate of drug-likeness (QED) is 0.471. The second kappa shape index (κ2) is 3.23. The van der Waals surface area contributed by atoms with Gasteiger partial charge in [-0.1, -0.05) is 0 Å². The molecule has 0 spiro atoms. The van der Waals surface area contributed by atoms with E-state index in [0.717, 1.165) is 0 Å². The highest BCUT2D eigenvalue weighted by atomic mass is 16.6. The Morgan fingerprint density at radius 1 is 1.45 bits per heavy atom. The molecule has 60 valence electrons. The average Bonchev–Trinajstić information content (AvgIpc) is 1.93. The van der Waals surface area contributed by atoms with Crippen molar-refractivity contribution >= 4 is 0 Å². The summed E-state index contributed by atoms with van der Waals surface area (Å²) in [7, 11) is 0. The zero-order chi connectivity index (χ0) is 8.27. The summed E-state index contributed by atoms with van der Waals surface area (Å²) in [5.74, 6) is 0.350. The molecule has 0 bridgehead atoms. The predicted molar refractivity (Wildman–Crippen MR) is 41.2 cm³/mol. The lowest BCUT2D eigenvalue weighted by Crippen LogP contribution is -2.29. The van der Waals surface area contributed by atoms with Crippen LogP contribution in [0.3, 0.4) is 0 Å². The van der Waals surface area contributed by atoms with Gasteiger partial charge in [-0.3, -0.25) is 0 Å². The normalized spacial score (nSPS) is 10.1. The second-order valence-corrected chi connectivity index (χ2v) is 2.53. The van der Waals surface area contributed by atoms with Crippen LogP contribution >= 0.6 is 0 Å². The third-order valence-corrected chi connectivity index (χ3v) is 1.15. The Morgan fingerprint density at radius 2 is 2.18 bits per heavy atom. The van der Waals surface area contributed by atoms with Crippen molar-refractivity contribution in [3.63, 3.8) is 0 Å². The number of hydrogen-bond donors (Lipinski definition) is 0. The molecule has 1 rings (SSSR count). The monoisotopic (exact) mass is 153 g/mol. The van der Waals surface area contributed by atoms with E-state index in [1.54, 1.807) is 18.2 Å². The van der Waals surface area contributed by atoms with Crippen LogP contribution < -0.4 is 9.47 Å². The van der Waals surface area contributed by atoms with Gasteiger partial charge >= 0.3 is 5.88 Å². The average molecular weight is 153 g/mol. The van der Waals surface area contributed by atoms with Gasteiger partial charge in [0.05, 0.1) is 12.2 Å². The minimum absolute atomic E-state index is 0.0394. The Kier molecular flexibility index (Phi) is 2.31. The molecule has 0 radical (unpaired) electrons. The van der Waals surface area contributed by atoms with Gasteiger partial charge in [0.15, 0.2) is 6.20 Å². The highest BCUT2D eigenvalue weighted by molar-refractivity contribution is 5.02. The molecule has 0 amide bonds. The van der Waals surface area contributed by atoms with Gasteiger partial charge in [0.25, 0.3) is 0 Å². The number of aromatic nitrogens is 1. The molecule has 0 aromatic carbocycles. The smallest absolute Gasteiger partial charge is 0.379 e. The molecule has 3 nitrogen and oxygen atoms in total. The second-order valence-electron chi connectivity index (χ2n) is 2.53. The van der Waals surface area contributed by atoms with Crippen LogP contribution in [0.1, 0.15) is 13.8 Å². The topological polar surface area (TPSA) is 36.2 Å². The minimum Gasteiger partial charge on any atom is -0.616 e. The van der Waals surface area contributed by atoms with E-state index in [0.29, 0.717) is 10.6 Å². The molecule has 0 aliphatic carbocycles. The van der Waals surface area contributed by atoms with E-state index in [1.165, 1.54) is 6.20 Å². The Morgan fingerprint density at radius 3 is 2.73 bits per heavy atom. The Balaban J connectivity index is 2.78. The minimum atomic E-state index is 0.0394. The lowest BCUT2D eigenvalue weighted by molar-refractivity contribution is -0.613. The molecule has 0 atom stereocenters. The van der Waals surface area contributed by atoms with Crippen molar-refractivity contribution in [2.24, 2.45) is 0 Å².